The molecule has 0 bridgehead atoms. The average molecular weight is 197 g/mol. The Bertz CT molecular complexity index is 120. The smallest absolute Gasteiger partial charge is 0.00388 e. The summed E-state index contributed by atoms with van der Waals surface area (Å²) in [4.78, 5) is 0. The van der Waals surface area contributed by atoms with E-state index in [9.17, 15) is 0 Å². The normalized spacial score (nSPS) is 12.7. The van der Waals surface area contributed by atoms with Gasteiger partial charge in [0.2, 0.25) is 0 Å². The third-order valence-electron chi connectivity index (χ3n) is 2.66. The second-order valence-corrected chi connectivity index (χ2v) is 4.18. The summed E-state index contributed by atoms with van der Waals surface area (Å²) in [6, 6.07) is 0.449. The Morgan fingerprint density at radius 1 is 1.07 bits per heavy atom. The zero-order valence-corrected chi connectivity index (χ0v) is 9.80. The summed E-state index contributed by atoms with van der Waals surface area (Å²) in [5.74, 6) is 0. The molecule has 0 rings (SSSR count). The molecule has 1 heteroatoms. The minimum Gasteiger partial charge on any atom is -0.328 e. The zero-order chi connectivity index (χ0) is 10.6. The molecule has 0 aromatic heterocycles. The maximum Gasteiger partial charge on any atom is 0.00388 e. The van der Waals surface area contributed by atoms with Gasteiger partial charge in [-0.25, -0.2) is 0 Å². The summed E-state index contributed by atoms with van der Waals surface area (Å²) in [7, 11) is 0. The molecular formula is C13H27N. The van der Waals surface area contributed by atoms with Crippen LogP contribution in [0.15, 0.2) is 12.7 Å². The number of nitrogens with two attached hydrogens (primary N) is 1. The molecule has 0 aliphatic heterocycles. The highest BCUT2D eigenvalue weighted by Crippen LogP contribution is 2.09. The molecule has 84 valence electrons. The van der Waals surface area contributed by atoms with Crippen molar-refractivity contribution in [2.75, 3.05) is 0 Å². The number of unbranched alkanes of at least 4 members (excludes halogenated alkanes) is 5. The Hall–Kier alpha value is -0.300. The Labute approximate surface area is 89.8 Å². The molecule has 0 saturated carbocycles. The maximum atomic E-state index is 6.01. The Morgan fingerprint density at radius 3 is 2.29 bits per heavy atom. The van der Waals surface area contributed by atoms with Gasteiger partial charge < -0.3 is 5.73 Å². The first kappa shape index (κ1) is 13.7. The van der Waals surface area contributed by atoms with Gasteiger partial charge in [0, 0.05) is 6.04 Å². The molecule has 1 unspecified atom stereocenters. The van der Waals surface area contributed by atoms with Gasteiger partial charge in [-0.3, -0.25) is 0 Å². The largest absolute Gasteiger partial charge is 0.328 e. The molecular weight excluding hydrogens is 170 g/mol. The lowest BCUT2D eigenvalue weighted by Crippen LogP contribution is -2.19. The van der Waals surface area contributed by atoms with Crippen molar-refractivity contribution in [3.05, 3.63) is 12.7 Å². The van der Waals surface area contributed by atoms with Crippen LogP contribution in [0.5, 0.6) is 0 Å². The summed E-state index contributed by atoms with van der Waals surface area (Å²) in [5, 5.41) is 0. The molecule has 0 aromatic carbocycles. The number of hydrogen-bond acceptors (Lipinski definition) is 1. The molecule has 0 radical (unpaired) electrons. The molecule has 0 amide bonds. The van der Waals surface area contributed by atoms with Gasteiger partial charge in [0.15, 0.2) is 0 Å². The van der Waals surface area contributed by atoms with Gasteiger partial charge in [0.1, 0.15) is 0 Å². The fourth-order valence-corrected chi connectivity index (χ4v) is 1.67. The van der Waals surface area contributed by atoms with E-state index in [-0.39, 0.29) is 0 Å². The van der Waals surface area contributed by atoms with Crippen LogP contribution in [0, 0.1) is 0 Å². The summed E-state index contributed by atoms with van der Waals surface area (Å²) in [6.45, 7) is 5.96. The highest BCUT2D eigenvalue weighted by molar-refractivity contribution is 4.66. The molecule has 0 heterocycles. The lowest BCUT2D eigenvalue weighted by atomic mass is 10.0. The lowest BCUT2D eigenvalue weighted by Gasteiger charge is -2.10. The molecule has 1 atom stereocenters. The lowest BCUT2D eigenvalue weighted by molar-refractivity contribution is 0.499. The van der Waals surface area contributed by atoms with Gasteiger partial charge in [-0.1, -0.05) is 45.1 Å². The van der Waals surface area contributed by atoms with Gasteiger partial charge in [-0.15, -0.1) is 6.58 Å². The van der Waals surface area contributed by atoms with Crippen LogP contribution in [0.2, 0.25) is 0 Å². The van der Waals surface area contributed by atoms with Crippen molar-refractivity contribution in [1.29, 1.82) is 0 Å². The van der Waals surface area contributed by atoms with E-state index in [1.165, 1.54) is 51.4 Å². The van der Waals surface area contributed by atoms with Crippen LogP contribution in [0.4, 0.5) is 0 Å². The Morgan fingerprint density at radius 2 is 1.71 bits per heavy atom. The fourth-order valence-electron chi connectivity index (χ4n) is 1.67. The van der Waals surface area contributed by atoms with Crippen LogP contribution in [0.1, 0.15) is 64.7 Å². The predicted molar refractivity (Wildman–Crippen MR) is 65.4 cm³/mol. The van der Waals surface area contributed by atoms with E-state index in [1.807, 2.05) is 6.08 Å². The number of allylic oxidation sites excluding steroid dienone is 1. The second-order valence-electron chi connectivity index (χ2n) is 4.18. The molecule has 1 nitrogen and oxygen atoms in total. The van der Waals surface area contributed by atoms with Crippen LogP contribution in [0.25, 0.3) is 0 Å². The second kappa shape index (κ2) is 10.8. The summed E-state index contributed by atoms with van der Waals surface area (Å²) in [5.41, 5.74) is 6.01. The average Bonchev–Trinajstić information content (AvgIpc) is 2.18. The van der Waals surface area contributed by atoms with E-state index >= 15 is 0 Å². The van der Waals surface area contributed by atoms with Crippen LogP contribution >= 0.6 is 0 Å². The summed E-state index contributed by atoms with van der Waals surface area (Å²) in [6.07, 6.45) is 13.4. The maximum absolute atomic E-state index is 6.01. The first-order chi connectivity index (χ1) is 6.81. The molecule has 0 aliphatic carbocycles. The Balaban J connectivity index is 3.09. The number of rotatable bonds is 10. The SMILES string of the molecule is C=CCCCCCC(N)CCCCC. The molecule has 0 fully saturated rings. The highest BCUT2D eigenvalue weighted by atomic mass is 14.6. The quantitative estimate of drug-likeness (QED) is 0.415. The predicted octanol–water partition coefficient (Wildman–Crippen LogP) is 4.03. The van der Waals surface area contributed by atoms with Crippen molar-refractivity contribution in [2.24, 2.45) is 5.73 Å². The van der Waals surface area contributed by atoms with Crippen molar-refractivity contribution in [3.8, 4) is 0 Å². The zero-order valence-electron chi connectivity index (χ0n) is 9.80. The van der Waals surface area contributed by atoms with Gasteiger partial charge in [-0.2, -0.15) is 0 Å². The van der Waals surface area contributed by atoms with Gasteiger partial charge in [0.25, 0.3) is 0 Å². The minimum atomic E-state index is 0.449. The molecule has 0 aromatic rings. The van der Waals surface area contributed by atoms with E-state index < -0.39 is 0 Å². The first-order valence-electron chi connectivity index (χ1n) is 6.17. The van der Waals surface area contributed by atoms with Gasteiger partial charge in [-0.05, 0) is 25.7 Å². The Kier molecular flexibility index (Phi) is 10.5. The van der Waals surface area contributed by atoms with Crippen LogP contribution in [-0.4, -0.2) is 6.04 Å². The van der Waals surface area contributed by atoms with E-state index in [1.54, 1.807) is 0 Å². The van der Waals surface area contributed by atoms with Gasteiger partial charge >= 0.3 is 0 Å². The van der Waals surface area contributed by atoms with E-state index in [2.05, 4.69) is 13.5 Å². The van der Waals surface area contributed by atoms with Crippen LogP contribution in [-0.2, 0) is 0 Å². The third kappa shape index (κ3) is 9.79. The standard InChI is InChI=1S/C13H27N/c1-3-5-7-8-10-12-13(14)11-9-6-4-2/h3,13H,1,4-12,14H2,2H3. The van der Waals surface area contributed by atoms with E-state index in [0.29, 0.717) is 6.04 Å². The van der Waals surface area contributed by atoms with Crippen molar-refractivity contribution >= 4 is 0 Å². The van der Waals surface area contributed by atoms with Crippen LogP contribution < -0.4 is 5.73 Å². The first-order valence-corrected chi connectivity index (χ1v) is 6.17. The summed E-state index contributed by atoms with van der Waals surface area (Å²) >= 11 is 0. The van der Waals surface area contributed by atoms with Crippen molar-refractivity contribution < 1.29 is 0 Å². The van der Waals surface area contributed by atoms with Crippen LogP contribution in [0.3, 0.4) is 0 Å². The third-order valence-corrected chi connectivity index (χ3v) is 2.66. The highest BCUT2D eigenvalue weighted by Gasteiger charge is 2.01. The minimum absolute atomic E-state index is 0.449. The molecule has 0 spiro atoms. The number of hydrogen-bond donors (Lipinski definition) is 1. The van der Waals surface area contributed by atoms with Gasteiger partial charge in [0.05, 0.1) is 0 Å². The van der Waals surface area contributed by atoms with Crippen molar-refractivity contribution in [2.45, 2.75) is 70.8 Å². The molecule has 14 heavy (non-hydrogen) atoms. The monoisotopic (exact) mass is 197 g/mol. The fraction of sp³-hybridized carbons (Fsp3) is 0.846. The van der Waals surface area contributed by atoms with Crippen molar-refractivity contribution in [3.63, 3.8) is 0 Å². The van der Waals surface area contributed by atoms with E-state index in [4.69, 9.17) is 5.73 Å². The topological polar surface area (TPSA) is 26.0 Å². The summed E-state index contributed by atoms with van der Waals surface area (Å²) < 4.78 is 0. The van der Waals surface area contributed by atoms with E-state index in [0.717, 1.165) is 6.42 Å². The molecule has 2 N–H and O–H groups in total. The van der Waals surface area contributed by atoms with Crippen molar-refractivity contribution in [1.82, 2.24) is 0 Å². The molecule has 0 saturated heterocycles. The molecule has 0 aliphatic rings.